The SMILES string of the molecule is O=C(CCc1nc(CSc2nnc(-c3cccnc3)o2)no1)Nc1ccccc1F. The van der Waals surface area contributed by atoms with Crippen LogP contribution in [0.1, 0.15) is 18.1 Å². The first-order valence-electron chi connectivity index (χ1n) is 8.90. The van der Waals surface area contributed by atoms with Crippen molar-refractivity contribution in [2.75, 3.05) is 5.32 Å². The second kappa shape index (κ2) is 9.27. The van der Waals surface area contributed by atoms with Gasteiger partial charge in [0.1, 0.15) is 5.82 Å². The molecule has 11 heteroatoms. The molecule has 9 nitrogen and oxygen atoms in total. The van der Waals surface area contributed by atoms with Gasteiger partial charge in [0.05, 0.1) is 17.0 Å². The molecule has 1 aromatic carbocycles. The van der Waals surface area contributed by atoms with Crippen LogP contribution in [0.5, 0.6) is 0 Å². The normalized spacial score (nSPS) is 10.8. The van der Waals surface area contributed by atoms with Crippen molar-refractivity contribution in [3.8, 4) is 11.5 Å². The number of thioether (sulfide) groups is 1. The summed E-state index contributed by atoms with van der Waals surface area (Å²) in [7, 11) is 0. The van der Waals surface area contributed by atoms with Gasteiger partial charge in [-0.2, -0.15) is 4.98 Å². The molecular weight excluding hydrogens is 411 g/mol. The number of hydrogen-bond donors (Lipinski definition) is 1. The summed E-state index contributed by atoms with van der Waals surface area (Å²) in [6.07, 6.45) is 3.62. The van der Waals surface area contributed by atoms with Gasteiger partial charge >= 0.3 is 0 Å². The first-order chi connectivity index (χ1) is 14.7. The largest absolute Gasteiger partial charge is 0.411 e. The van der Waals surface area contributed by atoms with Crippen molar-refractivity contribution in [3.63, 3.8) is 0 Å². The highest BCUT2D eigenvalue weighted by molar-refractivity contribution is 7.98. The Morgan fingerprint density at radius 3 is 2.90 bits per heavy atom. The molecule has 1 N–H and O–H groups in total. The molecule has 0 saturated heterocycles. The third kappa shape index (κ3) is 5.06. The Hall–Kier alpha value is -3.60. The van der Waals surface area contributed by atoms with Crippen molar-refractivity contribution < 1.29 is 18.1 Å². The zero-order valence-electron chi connectivity index (χ0n) is 15.5. The first kappa shape index (κ1) is 19.7. The number of nitrogens with zero attached hydrogens (tertiary/aromatic N) is 5. The van der Waals surface area contributed by atoms with Crippen molar-refractivity contribution >= 4 is 23.4 Å². The van der Waals surface area contributed by atoms with E-state index in [1.807, 2.05) is 6.07 Å². The van der Waals surface area contributed by atoms with E-state index in [9.17, 15) is 9.18 Å². The Morgan fingerprint density at radius 2 is 2.07 bits per heavy atom. The number of anilines is 1. The van der Waals surface area contributed by atoms with E-state index < -0.39 is 5.82 Å². The summed E-state index contributed by atoms with van der Waals surface area (Å²) >= 11 is 1.26. The number of benzene rings is 1. The Kier molecular flexibility index (Phi) is 6.09. The van der Waals surface area contributed by atoms with Gasteiger partial charge in [-0.05, 0) is 24.3 Å². The minimum absolute atomic E-state index is 0.0846. The minimum atomic E-state index is -0.490. The van der Waals surface area contributed by atoms with Gasteiger partial charge in [0.25, 0.3) is 5.22 Å². The molecule has 0 radical (unpaired) electrons. The predicted octanol–water partition coefficient (Wildman–Crippen LogP) is 3.52. The molecular formula is C19H15FN6O3S. The summed E-state index contributed by atoms with van der Waals surface area (Å²) in [6, 6.07) is 9.57. The fourth-order valence-corrected chi connectivity index (χ4v) is 3.05. The molecule has 0 bridgehead atoms. The first-order valence-corrected chi connectivity index (χ1v) is 9.88. The number of halogens is 1. The van der Waals surface area contributed by atoms with Crippen LogP contribution in [0.25, 0.3) is 11.5 Å². The molecule has 4 rings (SSSR count). The lowest BCUT2D eigenvalue weighted by atomic mass is 10.2. The quantitative estimate of drug-likeness (QED) is 0.422. The summed E-state index contributed by atoms with van der Waals surface area (Å²) in [5.41, 5.74) is 0.864. The van der Waals surface area contributed by atoms with E-state index in [1.165, 1.54) is 23.9 Å². The number of pyridine rings is 1. The van der Waals surface area contributed by atoms with Crippen LogP contribution >= 0.6 is 11.8 Å². The lowest BCUT2D eigenvalue weighted by Gasteiger charge is -2.04. The molecule has 0 aliphatic carbocycles. The standard InChI is InChI=1S/C19H15FN6O3S/c20-13-5-1-2-6-14(13)22-16(27)7-8-17-23-15(26-29-17)11-30-19-25-24-18(28-19)12-4-3-9-21-10-12/h1-6,9-10H,7-8,11H2,(H,22,27). The lowest BCUT2D eigenvalue weighted by Crippen LogP contribution is -2.13. The maximum Gasteiger partial charge on any atom is 0.277 e. The molecule has 0 atom stereocenters. The number of para-hydroxylation sites is 1. The van der Waals surface area contributed by atoms with Gasteiger partial charge < -0.3 is 14.3 Å². The number of rotatable bonds is 8. The van der Waals surface area contributed by atoms with Crippen LogP contribution in [0.4, 0.5) is 10.1 Å². The zero-order valence-corrected chi connectivity index (χ0v) is 16.3. The monoisotopic (exact) mass is 426 g/mol. The van der Waals surface area contributed by atoms with E-state index in [4.69, 9.17) is 8.94 Å². The van der Waals surface area contributed by atoms with Crippen LogP contribution in [0.3, 0.4) is 0 Å². The number of nitrogens with one attached hydrogen (secondary N) is 1. The Labute approximate surface area is 174 Å². The highest BCUT2D eigenvalue weighted by Crippen LogP contribution is 2.24. The molecule has 30 heavy (non-hydrogen) atoms. The smallest absolute Gasteiger partial charge is 0.277 e. The van der Waals surface area contributed by atoms with Crippen molar-refractivity contribution in [3.05, 3.63) is 66.3 Å². The van der Waals surface area contributed by atoms with E-state index in [2.05, 4.69) is 30.6 Å². The maximum absolute atomic E-state index is 13.6. The molecule has 0 unspecified atom stereocenters. The molecule has 0 fully saturated rings. The van der Waals surface area contributed by atoms with Gasteiger partial charge in [0, 0.05) is 25.2 Å². The number of aryl methyl sites for hydroxylation is 1. The Bertz CT molecular complexity index is 1130. The minimum Gasteiger partial charge on any atom is -0.411 e. The fourth-order valence-electron chi connectivity index (χ4n) is 2.45. The van der Waals surface area contributed by atoms with Crippen LogP contribution in [0, 0.1) is 5.82 Å². The highest BCUT2D eigenvalue weighted by atomic mass is 32.2. The fraction of sp³-hybridized carbons (Fsp3) is 0.158. The highest BCUT2D eigenvalue weighted by Gasteiger charge is 2.13. The second-order valence-electron chi connectivity index (χ2n) is 6.04. The topological polar surface area (TPSA) is 120 Å². The summed E-state index contributed by atoms with van der Waals surface area (Å²) in [4.78, 5) is 20.2. The van der Waals surface area contributed by atoms with Crippen molar-refractivity contribution in [2.24, 2.45) is 0 Å². The van der Waals surface area contributed by atoms with E-state index >= 15 is 0 Å². The number of hydrogen-bond acceptors (Lipinski definition) is 9. The molecule has 3 heterocycles. The van der Waals surface area contributed by atoms with Crippen LogP contribution in [0.2, 0.25) is 0 Å². The molecule has 4 aromatic rings. The average molecular weight is 426 g/mol. The van der Waals surface area contributed by atoms with Crippen LogP contribution in [-0.4, -0.2) is 31.2 Å². The van der Waals surface area contributed by atoms with Gasteiger partial charge in [-0.3, -0.25) is 9.78 Å². The molecule has 0 aliphatic heterocycles. The van der Waals surface area contributed by atoms with E-state index in [1.54, 1.807) is 30.6 Å². The number of aromatic nitrogens is 5. The predicted molar refractivity (Wildman–Crippen MR) is 105 cm³/mol. The van der Waals surface area contributed by atoms with Crippen LogP contribution < -0.4 is 5.32 Å². The summed E-state index contributed by atoms with van der Waals surface area (Å²) < 4.78 is 24.3. The zero-order chi connectivity index (χ0) is 20.8. The molecule has 152 valence electrons. The number of carbonyl (C=O) groups is 1. The average Bonchev–Trinajstić information content (AvgIpc) is 3.43. The second-order valence-corrected chi connectivity index (χ2v) is 6.96. The van der Waals surface area contributed by atoms with E-state index in [-0.39, 0.29) is 24.4 Å². The molecule has 0 saturated carbocycles. The van der Waals surface area contributed by atoms with Gasteiger partial charge in [-0.1, -0.05) is 29.1 Å². The summed E-state index contributed by atoms with van der Waals surface area (Å²) in [6.45, 7) is 0. The van der Waals surface area contributed by atoms with Crippen molar-refractivity contribution in [2.45, 2.75) is 23.8 Å². The van der Waals surface area contributed by atoms with Crippen LogP contribution in [-0.2, 0) is 17.0 Å². The van der Waals surface area contributed by atoms with Gasteiger partial charge in [0.2, 0.25) is 17.7 Å². The van der Waals surface area contributed by atoms with Gasteiger partial charge in [-0.25, -0.2) is 4.39 Å². The third-order valence-electron chi connectivity index (χ3n) is 3.86. The van der Waals surface area contributed by atoms with Crippen LogP contribution in [0.15, 0.2) is 63.0 Å². The third-order valence-corrected chi connectivity index (χ3v) is 4.68. The Morgan fingerprint density at radius 1 is 1.17 bits per heavy atom. The van der Waals surface area contributed by atoms with E-state index in [0.717, 1.165) is 5.56 Å². The number of amides is 1. The molecule has 0 aliphatic rings. The van der Waals surface area contributed by atoms with Gasteiger partial charge in [-0.15, -0.1) is 10.2 Å². The lowest BCUT2D eigenvalue weighted by molar-refractivity contribution is -0.116. The molecule has 1 amide bonds. The maximum atomic E-state index is 13.6. The van der Waals surface area contributed by atoms with Crippen molar-refractivity contribution in [1.82, 2.24) is 25.3 Å². The summed E-state index contributed by atoms with van der Waals surface area (Å²) in [5.74, 6) is 0.653. The number of carbonyl (C=O) groups excluding carboxylic acids is 1. The van der Waals surface area contributed by atoms with E-state index in [0.29, 0.717) is 28.6 Å². The Balaban J connectivity index is 1.26. The molecule has 0 spiro atoms. The summed E-state index contributed by atoms with van der Waals surface area (Å²) in [5, 5.41) is 14.7. The molecule has 3 aromatic heterocycles. The van der Waals surface area contributed by atoms with Crippen molar-refractivity contribution in [1.29, 1.82) is 0 Å². The van der Waals surface area contributed by atoms with Gasteiger partial charge in [0.15, 0.2) is 5.82 Å².